The zero-order valence-corrected chi connectivity index (χ0v) is 24.7. The van der Waals surface area contributed by atoms with Gasteiger partial charge in [-0.2, -0.15) is 0 Å². The van der Waals surface area contributed by atoms with Crippen LogP contribution in [0.25, 0.3) is 88.0 Å². The first-order valence-corrected chi connectivity index (χ1v) is 15.0. The van der Waals surface area contributed by atoms with Crippen molar-refractivity contribution in [3.63, 3.8) is 0 Å². The monoisotopic (exact) mass is 596 g/mol. The summed E-state index contributed by atoms with van der Waals surface area (Å²) in [5.41, 5.74) is 4.83. The topological polar surface area (TPSA) is 13.1 Å². The van der Waals surface area contributed by atoms with Crippen LogP contribution in [-0.2, 0) is 0 Å². The van der Waals surface area contributed by atoms with Gasteiger partial charge in [0.1, 0.15) is 11.2 Å². The molecule has 0 N–H and O–H groups in total. The molecule has 0 aliphatic heterocycles. The molecule has 1 nitrogen and oxygen atoms in total. The zero-order chi connectivity index (χ0) is 39.3. The Balaban J connectivity index is 1.36. The molecule has 0 aliphatic rings. The molecular formula is C45H30O. The van der Waals surface area contributed by atoms with Gasteiger partial charge < -0.3 is 4.42 Å². The van der Waals surface area contributed by atoms with Crippen LogP contribution in [-0.4, -0.2) is 0 Å². The van der Waals surface area contributed by atoms with Gasteiger partial charge in [-0.1, -0.05) is 139 Å². The number of hydrogen-bond donors (Lipinski definition) is 0. The number of hydrogen-bond acceptors (Lipinski definition) is 1. The van der Waals surface area contributed by atoms with E-state index in [0.29, 0.717) is 5.56 Å². The van der Waals surface area contributed by atoms with Gasteiger partial charge in [0, 0.05) is 16.3 Å². The van der Waals surface area contributed by atoms with Crippen LogP contribution in [0, 0.1) is 6.92 Å². The Kier molecular flexibility index (Phi) is 4.19. The van der Waals surface area contributed by atoms with Gasteiger partial charge in [0.2, 0.25) is 0 Å². The summed E-state index contributed by atoms with van der Waals surface area (Å²) in [5, 5.41) is 3.44. The molecule has 46 heavy (non-hydrogen) atoms. The van der Waals surface area contributed by atoms with E-state index < -0.39 is 42.3 Å². The quantitative estimate of drug-likeness (QED) is 0.184. The average molecular weight is 597 g/mol. The highest BCUT2D eigenvalue weighted by Crippen LogP contribution is 2.45. The van der Waals surface area contributed by atoms with E-state index >= 15 is 0 Å². The maximum Gasteiger partial charge on any atom is 0.138 e. The van der Waals surface area contributed by atoms with Crippen LogP contribution in [0.15, 0.2) is 168 Å². The van der Waals surface area contributed by atoms with Gasteiger partial charge in [0.25, 0.3) is 0 Å². The summed E-state index contributed by atoms with van der Waals surface area (Å²) in [6.07, 6.45) is 0. The molecule has 0 radical (unpaired) electrons. The van der Waals surface area contributed by atoms with Crippen molar-refractivity contribution in [1.29, 1.82) is 0 Å². The molecule has 9 aromatic rings. The number of fused-ring (bicyclic) bond motifs is 5. The SMILES string of the molecule is [2H]c1c([2H])c([2H])c(-c2c([2H])c([2H])c3c(oc4c([2H])c(-c5c6ccccc6c(-c6cccc(-c7ccccc7)c6)c6ccccc56)c([2H])c([2H])c43)c2C)c([2H])c1[2H]. The fourth-order valence-corrected chi connectivity index (χ4v) is 6.57. The van der Waals surface area contributed by atoms with Gasteiger partial charge >= 0.3 is 0 Å². The molecule has 0 spiro atoms. The Morgan fingerprint density at radius 2 is 1.04 bits per heavy atom. The molecule has 216 valence electrons. The average Bonchev–Trinajstić information content (AvgIpc) is 3.64. The maximum absolute atomic E-state index is 9.66. The van der Waals surface area contributed by atoms with Crippen molar-refractivity contribution < 1.29 is 18.1 Å². The van der Waals surface area contributed by atoms with Gasteiger partial charge in [-0.25, -0.2) is 0 Å². The predicted molar refractivity (Wildman–Crippen MR) is 195 cm³/mol. The van der Waals surface area contributed by atoms with E-state index in [1.807, 2.05) is 72.8 Å². The van der Waals surface area contributed by atoms with Gasteiger partial charge in [-0.3, -0.25) is 0 Å². The third-order valence-corrected chi connectivity index (χ3v) is 8.68. The minimum atomic E-state index is -0.578. The van der Waals surface area contributed by atoms with Crippen molar-refractivity contribution in [2.75, 3.05) is 0 Å². The van der Waals surface area contributed by atoms with Crippen LogP contribution in [0.2, 0.25) is 0 Å². The molecule has 0 saturated carbocycles. The van der Waals surface area contributed by atoms with Gasteiger partial charge in [-0.05, 0) is 97.2 Å². The fraction of sp³-hybridized carbons (Fsp3) is 0.0222. The predicted octanol–water partition coefficient (Wildman–Crippen LogP) is 12.9. The Morgan fingerprint density at radius 1 is 0.457 bits per heavy atom. The Labute approximate surface area is 282 Å². The maximum atomic E-state index is 9.66. The number of benzene rings is 8. The van der Waals surface area contributed by atoms with E-state index in [4.69, 9.17) is 14.0 Å². The minimum Gasteiger partial charge on any atom is -0.456 e. The number of rotatable bonds is 4. The fourth-order valence-electron chi connectivity index (χ4n) is 6.57. The molecule has 0 aliphatic carbocycles. The van der Waals surface area contributed by atoms with Crippen LogP contribution in [0.3, 0.4) is 0 Å². The van der Waals surface area contributed by atoms with E-state index in [1.165, 1.54) is 0 Å². The lowest BCUT2D eigenvalue weighted by atomic mass is 9.85. The highest BCUT2D eigenvalue weighted by atomic mass is 16.3. The molecule has 0 atom stereocenters. The Bertz CT molecular complexity index is 3060. The van der Waals surface area contributed by atoms with E-state index in [2.05, 4.69) is 30.3 Å². The van der Waals surface area contributed by atoms with E-state index in [1.54, 1.807) is 6.92 Å². The normalized spacial score (nSPS) is 14.6. The van der Waals surface area contributed by atoms with Crippen LogP contribution < -0.4 is 0 Å². The summed E-state index contributed by atoms with van der Waals surface area (Å²) < 4.78 is 94.7. The number of aryl methyl sites for hydroxylation is 1. The van der Waals surface area contributed by atoms with Crippen molar-refractivity contribution in [1.82, 2.24) is 0 Å². The summed E-state index contributed by atoms with van der Waals surface area (Å²) in [4.78, 5) is 0. The summed E-state index contributed by atoms with van der Waals surface area (Å²) in [6.45, 7) is 1.57. The lowest BCUT2D eigenvalue weighted by molar-refractivity contribution is 0.666. The second kappa shape index (κ2) is 10.6. The molecule has 0 amide bonds. The van der Waals surface area contributed by atoms with Gasteiger partial charge in [-0.15, -0.1) is 0 Å². The summed E-state index contributed by atoms with van der Waals surface area (Å²) in [7, 11) is 0. The molecule has 0 unspecified atom stereocenters. The smallest absolute Gasteiger partial charge is 0.138 e. The first-order chi connectivity index (χ1) is 26.9. The third kappa shape index (κ3) is 4.17. The van der Waals surface area contributed by atoms with E-state index in [0.717, 1.165) is 43.8 Å². The van der Waals surface area contributed by atoms with E-state index in [-0.39, 0.29) is 62.3 Å². The first kappa shape index (κ1) is 18.1. The zero-order valence-electron chi connectivity index (χ0n) is 34.7. The van der Waals surface area contributed by atoms with Crippen molar-refractivity contribution in [2.45, 2.75) is 6.92 Å². The molecule has 8 aromatic carbocycles. The molecule has 0 fully saturated rings. The van der Waals surface area contributed by atoms with Gasteiger partial charge in [0.15, 0.2) is 0 Å². The first-order valence-electron chi connectivity index (χ1n) is 20.0. The second-order valence-corrected chi connectivity index (χ2v) is 11.3. The van der Waals surface area contributed by atoms with Crippen molar-refractivity contribution in [2.24, 2.45) is 0 Å². The molecule has 0 saturated heterocycles. The highest BCUT2D eigenvalue weighted by molar-refractivity contribution is 6.22. The summed E-state index contributed by atoms with van der Waals surface area (Å²) in [6, 6.07) is 29.9. The van der Waals surface area contributed by atoms with E-state index in [9.17, 15) is 4.11 Å². The molecule has 1 aromatic heterocycles. The summed E-state index contributed by atoms with van der Waals surface area (Å²) >= 11 is 0. The third-order valence-electron chi connectivity index (χ3n) is 8.68. The lowest BCUT2D eigenvalue weighted by Crippen LogP contribution is -1.91. The van der Waals surface area contributed by atoms with Gasteiger partial charge in [0.05, 0.1) is 13.7 Å². The minimum absolute atomic E-state index is 0.0379. The molecule has 1 heterocycles. The van der Waals surface area contributed by atoms with Crippen LogP contribution in [0.5, 0.6) is 0 Å². The van der Waals surface area contributed by atoms with Crippen molar-refractivity contribution in [3.8, 4) is 44.5 Å². The molecule has 9 rings (SSSR count). The Hall–Kier alpha value is -5.92. The van der Waals surface area contributed by atoms with Crippen LogP contribution in [0.4, 0.5) is 0 Å². The molecular weight excluding hydrogens is 556 g/mol. The highest BCUT2D eigenvalue weighted by Gasteiger charge is 2.19. The second-order valence-electron chi connectivity index (χ2n) is 11.3. The number of furan rings is 1. The summed E-state index contributed by atoms with van der Waals surface area (Å²) in [5.74, 6) is 0. The van der Waals surface area contributed by atoms with Crippen LogP contribution >= 0.6 is 0 Å². The van der Waals surface area contributed by atoms with Crippen molar-refractivity contribution in [3.05, 3.63) is 169 Å². The van der Waals surface area contributed by atoms with Crippen LogP contribution in [0.1, 0.15) is 19.3 Å². The molecule has 1 heteroatoms. The standard InChI is InChI=1S/C45H30O/c1-29-35(31-15-6-3-7-16-31)25-26-41-36-24-23-34(28-42(36)46-45(29)41)44-39-21-10-8-19-37(39)43(38-20-9-11-22-40(38)44)33-18-12-17-32(27-33)30-13-4-2-5-14-30/h2-28H,1H3/i3D,6D,7D,15D,16D,23D,24D,25D,26D,28D. The lowest BCUT2D eigenvalue weighted by Gasteiger charge is -2.18. The Morgan fingerprint density at radius 3 is 1.74 bits per heavy atom. The molecule has 0 bridgehead atoms. The van der Waals surface area contributed by atoms with Crippen molar-refractivity contribution >= 4 is 43.5 Å². The largest absolute Gasteiger partial charge is 0.456 e.